The number of nitrogens with zero attached hydrogens (tertiary/aromatic N) is 4. The van der Waals surface area contributed by atoms with Crippen LogP contribution in [-0.4, -0.2) is 25.8 Å². The lowest BCUT2D eigenvalue weighted by molar-refractivity contribution is 0.661. The molecule has 1 N–H and O–H groups in total. The van der Waals surface area contributed by atoms with Gasteiger partial charge in [-0.3, -0.25) is 0 Å². The van der Waals surface area contributed by atoms with E-state index in [0.717, 1.165) is 40.7 Å². The number of halogens is 1. The van der Waals surface area contributed by atoms with Gasteiger partial charge in [-0.05, 0) is 42.1 Å². The van der Waals surface area contributed by atoms with Crippen molar-refractivity contribution in [3.05, 3.63) is 23.6 Å². The van der Waals surface area contributed by atoms with E-state index in [2.05, 4.69) is 49.8 Å². The molecule has 1 atom stereocenters. The third-order valence-electron chi connectivity index (χ3n) is 3.01. The predicted octanol–water partition coefficient (Wildman–Crippen LogP) is 3.28. The molecule has 5 nitrogen and oxygen atoms in total. The smallest absolute Gasteiger partial charge is 0.164 e. The van der Waals surface area contributed by atoms with Crippen LogP contribution in [0.5, 0.6) is 0 Å². The van der Waals surface area contributed by atoms with Gasteiger partial charge in [0.2, 0.25) is 0 Å². The number of hydrogen-bond donors (Lipinski definition) is 1. The lowest BCUT2D eigenvalue weighted by Crippen LogP contribution is -2.16. The van der Waals surface area contributed by atoms with Gasteiger partial charge >= 0.3 is 0 Å². The second-order valence-electron chi connectivity index (χ2n) is 4.60. The summed E-state index contributed by atoms with van der Waals surface area (Å²) in [7, 11) is 1.87. The Kier molecular flexibility index (Phi) is 4.52. The topological polar surface area (TPSA) is 55.6 Å². The van der Waals surface area contributed by atoms with Gasteiger partial charge in [0.25, 0.3) is 0 Å². The van der Waals surface area contributed by atoms with E-state index >= 15 is 0 Å². The third-order valence-corrected chi connectivity index (χ3v) is 3.56. The second kappa shape index (κ2) is 6.14. The van der Waals surface area contributed by atoms with E-state index < -0.39 is 0 Å². The van der Waals surface area contributed by atoms with Crippen molar-refractivity contribution in [3.63, 3.8) is 0 Å². The zero-order valence-electron chi connectivity index (χ0n) is 11.2. The number of rotatable bonds is 6. The van der Waals surface area contributed by atoms with E-state index in [0.29, 0.717) is 6.04 Å². The first-order valence-electron chi connectivity index (χ1n) is 6.34. The lowest BCUT2D eigenvalue weighted by atomic mass is 10.1. The molecule has 0 bridgehead atoms. The van der Waals surface area contributed by atoms with Crippen LogP contribution in [0.1, 0.15) is 26.2 Å². The van der Waals surface area contributed by atoms with Gasteiger partial charge in [0.1, 0.15) is 16.7 Å². The number of aryl methyl sites for hydroxylation is 1. The number of allylic oxidation sites excluding steroid dienone is 1. The van der Waals surface area contributed by atoms with Crippen LogP contribution in [-0.2, 0) is 7.05 Å². The summed E-state index contributed by atoms with van der Waals surface area (Å²) >= 11 is 3.46. The minimum absolute atomic E-state index is 0.352. The summed E-state index contributed by atoms with van der Waals surface area (Å²) in [6.07, 6.45) is 6.76. The molecular weight excluding hydrogens is 306 g/mol. The maximum absolute atomic E-state index is 4.32. The predicted molar refractivity (Wildman–Crippen MR) is 81.1 cm³/mol. The van der Waals surface area contributed by atoms with Crippen molar-refractivity contribution >= 4 is 32.8 Å². The number of anilines is 1. The highest BCUT2D eigenvalue weighted by Crippen LogP contribution is 2.27. The fourth-order valence-electron chi connectivity index (χ4n) is 2.02. The van der Waals surface area contributed by atoms with Crippen molar-refractivity contribution in [2.45, 2.75) is 32.2 Å². The zero-order valence-corrected chi connectivity index (χ0v) is 12.8. The number of hydrogen-bond acceptors (Lipinski definition) is 4. The van der Waals surface area contributed by atoms with E-state index in [1.165, 1.54) is 0 Å². The monoisotopic (exact) mass is 323 g/mol. The van der Waals surface area contributed by atoms with Gasteiger partial charge in [0.15, 0.2) is 5.65 Å². The summed E-state index contributed by atoms with van der Waals surface area (Å²) in [5.41, 5.74) is 0.822. The van der Waals surface area contributed by atoms with E-state index in [4.69, 9.17) is 0 Å². The quantitative estimate of drug-likeness (QED) is 0.654. The molecule has 0 amide bonds. The van der Waals surface area contributed by atoms with E-state index in [1.54, 1.807) is 11.0 Å². The highest BCUT2D eigenvalue weighted by molar-refractivity contribution is 9.10. The van der Waals surface area contributed by atoms with Crippen LogP contribution < -0.4 is 5.32 Å². The first-order chi connectivity index (χ1) is 9.13. The molecule has 0 aliphatic heterocycles. The van der Waals surface area contributed by atoms with Crippen molar-refractivity contribution in [2.75, 3.05) is 5.32 Å². The molecule has 0 saturated carbocycles. The van der Waals surface area contributed by atoms with Crippen LogP contribution in [0.15, 0.2) is 23.6 Å². The first kappa shape index (κ1) is 14.0. The van der Waals surface area contributed by atoms with Gasteiger partial charge in [-0.15, -0.1) is 6.58 Å². The summed E-state index contributed by atoms with van der Waals surface area (Å²) in [4.78, 5) is 8.57. The molecule has 0 fully saturated rings. The van der Waals surface area contributed by atoms with Crippen LogP contribution in [0, 0.1) is 0 Å². The van der Waals surface area contributed by atoms with Gasteiger partial charge in [-0.1, -0.05) is 6.08 Å². The number of nitrogens with one attached hydrogen (secondary N) is 1. The first-order valence-corrected chi connectivity index (χ1v) is 7.13. The van der Waals surface area contributed by atoms with Crippen molar-refractivity contribution in [1.29, 1.82) is 0 Å². The molecule has 19 heavy (non-hydrogen) atoms. The van der Waals surface area contributed by atoms with E-state index in [9.17, 15) is 0 Å². The van der Waals surface area contributed by atoms with Crippen molar-refractivity contribution in [2.24, 2.45) is 7.05 Å². The molecule has 0 aliphatic rings. The largest absolute Gasteiger partial charge is 0.367 e. The Labute approximate surface area is 121 Å². The minimum Gasteiger partial charge on any atom is -0.367 e. The van der Waals surface area contributed by atoms with Crippen molar-refractivity contribution in [3.8, 4) is 0 Å². The Morgan fingerprint density at radius 3 is 3.05 bits per heavy atom. The molecule has 0 aromatic carbocycles. The van der Waals surface area contributed by atoms with E-state index in [-0.39, 0.29) is 0 Å². The van der Waals surface area contributed by atoms with Gasteiger partial charge in [0.05, 0.1) is 5.39 Å². The lowest BCUT2D eigenvalue weighted by Gasteiger charge is -2.14. The molecule has 6 heteroatoms. The average molecular weight is 324 g/mol. The highest BCUT2D eigenvalue weighted by atomic mass is 79.9. The SMILES string of the molecule is C=CCCCC(C)Nc1ncnc2c1c(Br)nn2C. The molecule has 102 valence electrons. The van der Waals surface area contributed by atoms with E-state index in [1.807, 2.05) is 13.1 Å². The van der Waals surface area contributed by atoms with Crippen LogP contribution in [0.25, 0.3) is 11.0 Å². The maximum Gasteiger partial charge on any atom is 0.164 e. The van der Waals surface area contributed by atoms with Crippen molar-refractivity contribution in [1.82, 2.24) is 19.7 Å². The zero-order chi connectivity index (χ0) is 13.8. The maximum atomic E-state index is 4.32. The van der Waals surface area contributed by atoms with Crippen molar-refractivity contribution < 1.29 is 0 Å². The molecule has 2 rings (SSSR count). The molecule has 2 aromatic heterocycles. The van der Waals surface area contributed by atoms with Gasteiger partial charge in [-0.25, -0.2) is 14.6 Å². The standard InChI is InChI=1S/C13H18BrN5/c1-4-5-6-7-9(2)17-12-10-11(14)18-19(3)13(10)16-8-15-12/h4,8-9H,1,5-7H2,2-3H3,(H,15,16,17). The van der Waals surface area contributed by atoms with Crippen LogP contribution in [0.2, 0.25) is 0 Å². The Hall–Kier alpha value is -1.43. The Bertz CT molecular complexity index is 578. The fourth-order valence-corrected chi connectivity index (χ4v) is 2.63. The summed E-state index contributed by atoms with van der Waals surface area (Å²) in [5, 5.41) is 8.67. The molecule has 0 spiro atoms. The molecule has 2 heterocycles. The molecular formula is C13H18BrN5. The van der Waals surface area contributed by atoms with Crippen LogP contribution in [0.4, 0.5) is 5.82 Å². The minimum atomic E-state index is 0.352. The van der Waals surface area contributed by atoms with Gasteiger partial charge < -0.3 is 5.32 Å². The molecule has 2 aromatic rings. The van der Waals surface area contributed by atoms with Crippen LogP contribution in [0.3, 0.4) is 0 Å². The Balaban J connectivity index is 2.18. The highest BCUT2D eigenvalue weighted by Gasteiger charge is 2.14. The number of aromatic nitrogens is 4. The Morgan fingerprint density at radius 2 is 2.32 bits per heavy atom. The second-order valence-corrected chi connectivity index (χ2v) is 5.35. The Morgan fingerprint density at radius 1 is 1.53 bits per heavy atom. The molecule has 0 saturated heterocycles. The summed E-state index contributed by atoms with van der Waals surface area (Å²) < 4.78 is 2.51. The summed E-state index contributed by atoms with van der Waals surface area (Å²) in [6.45, 7) is 5.89. The van der Waals surface area contributed by atoms with Gasteiger partial charge in [0, 0.05) is 13.1 Å². The molecule has 0 aliphatic carbocycles. The van der Waals surface area contributed by atoms with Gasteiger partial charge in [-0.2, -0.15) is 5.10 Å². The normalized spacial score (nSPS) is 12.6. The summed E-state index contributed by atoms with van der Waals surface area (Å²) in [6, 6.07) is 0.352. The third kappa shape index (κ3) is 3.12. The fraction of sp³-hybridized carbons (Fsp3) is 0.462. The summed E-state index contributed by atoms with van der Waals surface area (Å²) in [5.74, 6) is 0.830. The van der Waals surface area contributed by atoms with Crippen LogP contribution >= 0.6 is 15.9 Å². The molecule has 0 radical (unpaired) electrons. The molecule has 1 unspecified atom stereocenters. The number of fused-ring (bicyclic) bond motifs is 1. The average Bonchev–Trinajstić information content (AvgIpc) is 2.66. The number of unbranched alkanes of at least 4 members (excludes halogenated alkanes) is 1.